The van der Waals surface area contributed by atoms with Crippen LogP contribution in [0.5, 0.6) is 0 Å². The molecule has 1 saturated heterocycles. The van der Waals surface area contributed by atoms with Crippen LogP contribution in [0.25, 0.3) is 21.9 Å². The molecule has 3 aromatic heterocycles. The summed E-state index contributed by atoms with van der Waals surface area (Å²) in [6.45, 7) is 6.00. The third-order valence-corrected chi connectivity index (χ3v) is 5.18. The van der Waals surface area contributed by atoms with Gasteiger partial charge in [-0.1, -0.05) is 19.9 Å². The Labute approximate surface area is 152 Å². The molecule has 0 saturated carbocycles. The highest BCUT2D eigenvalue weighted by molar-refractivity contribution is 6.05. The molecule has 6 heteroatoms. The predicted octanol–water partition coefficient (Wildman–Crippen LogP) is 3.83. The van der Waals surface area contributed by atoms with Crippen molar-refractivity contribution in [2.45, 2.75) is 32.6 Å². The number of nitrogens with one attached hydrogen (secondary N) is 1. The highest BCUT2D eigenvalue weighted by Crippen LogP contribution is 2.35. The molecule has 1 unspecified atom stereocenters. The summed E-state index contributed by atoms with van der Waals surface area (Å²) in [5.74, 6) is 1.49. The van der Waals surface area contributed by atoms with E-state index in [0.717, 1.165) is 53.7 Å². The molecule has 1 aliphatic heterocycles. The maximum Gasteiger partial charge on any atom is 0.207 e. The number of likely N-dealkylation sites (tertiary alicyclic amines) is 1. The van der Waals surface area contributed by atoms with Crippen molar-refractivity contribution < 1.29 is 0 Å². The zero-order chi connectivity index (χ0) is 18.1. The summed E-state index contributed by atoms with van der Waals surface area (Å²) < 4.78 is 0. The number of nitriles is 1. The van der Waals surface area contributed by atoms with E-state index in [1.807, 2.05) is 30.9 Å². The number of hydrogen-bond acceptors (Lipinski definition) is 4. The van der Waals surface area contributed by atoms with E-state index >= 15 is 0 Å². The lowest BCUT2D eigenvalue weighted by molar-refractivity contribution is 0.300. The summed E-state index contributed by atoms with van der Waals surface area (Å²) in [6.07, 6.45) is 9.91. The molecule has 26 heavy (non-hydrogen) atoms. The molecule has 0 radical (unpaired) electrons. The molecule has 0 bridgehead atoms. The van der Waals surface area contributed by atoms with Crippen LogP contribution in [0.3, 0.4) is 0 Å². The van der Waals surface area contributed by atoms with Gasteiger partial charge in [-0.05, 0) is 24.5 Å². The van der Waals surface area contributed by atoms with Crippen LogP contribution >= 0.6 is 0 Å². The second-order valence-corrected chi connectivity index (χ2v) is 7.18. The average Bonchev–Trinajstić information content (AvgIpc) is 3.10. The van der Waals surface area contributed by atoms with Crippen LogP contribution < -0.4 is 0 Å². The minimum absolute atomic E-state index is 0.236. The van der Waals surface area contributed by atoms with Crippen LogP contribution in [0.4, 0.5) is 0 Å². The van der Waals surface area contributed by atoms with Gasteiger partial charge in [0.15, 0.2) is 5.65 Å². The van der Waals surface area contributed by atoms with Crippen LogP contribution in [0.15, 0.2) is 35.7 Å². The maximum absolute atomic E-state index is 9.04. The number of aromatic amines is 1. The number of H-pyrrole nitrogens is 1. The Morgan fingerprint density at radius 2 is 2.23 bits per heavy atom. The third kappa shape index (κ3) is 2.80. The number of aromatic nitrogens is 3. The number of piperidine rings is 1. The Balaban J connectivity index is 1.75. The fraction of sp³-hybridized carbons (Fsp3) is 0.400. The third-order valence-electron chi connectivity index (χ3n) is 5.18. The SMILES string of the molecule is CC(C)C(=NC#N)N1CCCC(c2cnc3ncc4[nH]cccc4c23)C1. The normalized spacial score (nSPS) is 18.6. The van der Waals surface area contributed by atoms with Gasteiger partial charge >= 0.3 is 0 Å². The average molecular weight is 346 g/mol. The van der Waals surface area contributed by atoms with Gasteiger partial charge in [0.05, 0.1) is 11.7 Å². The molecule has 0 amide bonds. The zero-order valence-corrected chi connectivity index (χ0v) is 15.1. The van der Waals surface area contributed by atoms with Crippen LogP contribution in [-0.2, 0) is 0 Å². The number of pyridine rings is 2. The summed E-state index contributed by atoms with van der Waals surface area (Å²) in [5, 5.41) is 11.4. The van der Waals surface area contributed by atoms with Crippen LogP contribution in [-0.4, -0.2) is 38.8 Å². The molecule has 0 aromatic carbocycles. The number of hydrogen-bond donors (Lipinski definition) is 1. The van der Waals surface area contributed by atoms with E-state index < -0.39 is 0 Å². The van der Waals surface area contributed by atoms with Crippen LogP contribution in [0.2, 0.25) is 0 Å². The topological polar surface area (TPSA) is 81.0 Å². The first-order chi connectivity index (χ1) is 12.7. The van der Waals surface area contributed by atoms with Crippen molar-refractivity contribution in [2.75, 3.05) is 13.1 Å². The largest absolute Gasteiger partial charge is 0.360 e. The molecule has 132 valence electrons. The monoisotopic (exact) mass is 346 g/mol. The molecule has 4 heterocycles. The Morgan fingerprint density at radius 3 is 3.04 bits per heavy atom. The van der Waals surface area contributed by atoms with E-state index in [2.05, 4.69) is 44.8 Å². The maximum atomic E-state index is 9.04. The van der Waals surface area contributed by atoms with Gasteiger partial charge in [-0.25, -0.2) is 9.97 Å². The minimum atomic E-state index is 0.236. The van der Waals surface area contributed by atoms with Gasteiger partial charge in [-0.15, -0.1) is 0 Å². The van der Waals surface area contributed by atoms with Crippen LogP contribution in [0.1, 0.15) is 38.2 Å². The second kappa shape index (κ2) is 6.75. The van der Waals surface area contributed by atoms with Gasteiger partial charge in [0.25, 0.3) is 0 Å². The minimum Gasteiger partial charge on any atom is -0.360 e. The molecule has 3 aromatic rings. The molecule has 6 nitrogen and oxygen atoms in total. The smallest absolute Gasteiger partial charge is 0.207 e. The Kier molecular flexibility index (Phi) is 4.29. The lowest BCUT2D eigenvalue weighted by Gasteiger charge is -2.35. The Bertz CT molecular complexity index is 1010. The van der Waals surface area contributed by atoms with Gasteiger partial charge in [0.1, 0.15) is 5.84 Å². The molecule has 1 aliphatic rings. The van der Waals surface area contributed by atoms with E-state index in [1.54, 1.807) is 0 Å². The molecular formula is C20H22N6. The van der Waals surface area contributed by atoms with Crippen molar-refractivity contribution in [3.8, 4) is 6.19 Å². The Morgan fingerprint density at radius 1 is 1.38 bits per heavy atom. The number of amidine groups is 1. The molecule has 1 N–H and O–H groups in total. The standard InChI is InChI=1S/C20H22N6/c1-13(2)20(25-12-21)26-8-4-5-14(11-26)16-9-23-19-18(16)15-6-3-7-22-17(15)10-24-19/h3,6-7,9-10,13-14,22H,4-5,8,11H2,1-2H3. The summed E-state index contributed by atoms with van der Waals surface area (Å²) in [7, 11) is 0. The van der Waals surface area contributed by atoms with Crippen LogP contribution in [0, 0.1) is 17.4 Å². The van der Waals surface area contributed by atoms with E-state index in [9.17, 15) is 0 Å². The molecule has 4 rings (SSSR count). The molecule has 1 atom stereocenters. The first-order valence-electron chi connectivity index (χ1n) is 9.11. The fourth-order valence-electron chi connectivity index (χ4n) is 4.03. The number of aliphatic imine (C=N–C) groups is 1. The van der Waals surface area contributed by atoms with E-state index in [0.29, 0.717) is 5.92 Å². The number of nitrogens with zero attached hydrogens (tertiary/aromatic N) is 5. The first kappa shape index (κ1) is 16.5. The summed E-state index contributed by atoms with van der Waals surface area (Å²) in [4.78, 5) is 18.7. The van der Waals surface area contributed by atoms with Gasteiger partial charge in [0, 0.05) is 48.1 Å². The van der Waals surface area contributed by atoms with Crippen molar-refractivity contribution in [3.63, 3.8) is 0 Å². The van der Waals surface area contributed by atoms with E-state index in [-0.39, 0.29) is 5.92 Å². The highest BCUT2D eigenvalue weighted by Gasteiger charge is 2.27. The summed E-state index contributed by atoms with van der Waals surface area (Å²) >= 11 is 0. The van der Waals surface area contributed by atoms with E-state index in [4.69, 9.17) is 5.26 Å². The van der Waals surface area contributed by atoms with Gasteiger partial charge in [-0.3, -0.25) is 0 Å². The van der Waals surface area contributed by atoms with Gasteiger partial charge in [-0.2, -0.15) is 10.3 Å². The molecule has 0 spiro atoms. The van der Waals surface area contributed by atoms with Crippen molar-refractivity contribution in [3.05, 3.63) is 36.3 Å². The van der Waals surface area contributed by atoms with Crippen molar-refractivity contribution >= 4 is 27.8 Å². The van der Waals surface area contributed by atoms with Crippen molar-refractivity contribution in [2.24, 2.45) is 10.9 Å². The quantitative estimate of drug-likeness (QED) is 0.434. The summed E-state index contributed by atoms with van der Waals surface area (Å²) in [6, 6.07) is 4.14. The fourth-order valence-corrected chi connectivity index (χ4v) is 4.03. The van der Waals surface area contributed by atoms with E-state index in [1.165, 1.54) is 5.56 Å². The predicted molar refractivity (Wildman–Crippen MR) is 103 cm³/mol. The first-order valence-corrected chi connectivity index (χ1v) is 9.11. The van der Waals surface area contributed by atoms with Gasteiger partial charge in [0.2, 0.25) is 6.19 Å². The molecule has 1 fully saturated rings. The van der Waals surface area contributed by atoms with Crippen molar-refractivity contribution in [1.29, 1.82) is 5.26 Å². The molecule has 0 aliphatic carbocycles. The second-order valence-electron chi connectivity index (χ2n) is 7.18. The van der Waals surface area contributed by atoms with Gasteiger partial charge < -0.3 is 9.88 Å². The lowest BCUT2D eigenvalue weighted by Crippen LogP contribution is -2.41. The number of fused-ring (bicyclic) bond motifs is 3. The highest BCUT2D eigenvalue weighted by atomic mass is 15.2. The lowest BCUT2D eigenvalue weighted by atomic mass is 9.89. The summed E-state index contributed by atoms with van der Waals surface area (Å²) in [5.41, 5.74) is 3.08. The number of rotatable bonds is 2. The Hall–Kier alpha value is -2.94. The van der Waals surface area contributed by atoms with Crippen molar-refractivity contribution in [1.82, 2.24) is 19.9 Å². The zero-order valence-electron chi connectivity index (χ0n) is 15.1. The molecular weight excluding hydrogens is 324 g/mol.